The fourth-order valence-corrected chi connectivity index (χ4v) is 1.16. The van der Waals surface area contributed by atoms with Gasteiger partial charge in [-0.1, -0.05) is 36.2 Å². The van der Waals surface area contributed by atoms with Crippen molar-refractivity contribution in [1.29, 1.82) is 0 Å². The van der Waals surface area contributed by atoms with Crippen LogP contribution < -0.4 is 0 Å². The van der Waals surface area contributed by atoms with Crippen LogP contribution in [0.15, 0.2) is 24.3 Å². The maximum atomic E-state index is 5.73. The van der Waals surface area contributed by atoms with Gasteiger partial charge in [-0.25, -0.2) is 0 Å². The molecule has 0 aromatic heterocycles. The Hall–Kier alpha value is -1.02. The van der Waals surface area contributed by atoms with Crippen LogP contribution in [-0.2, 0) is 0 Å². The lowest BCUT2D eigenvalue weighted by Crippen LogP contribution is -1.71. The molecule has 0 aliphatic heterocycles. The fraction of sp³-hybridized carbons (Fsp3) is 0.167. The molecule has 0 radical (unpaired) electrons. The quantitative estimate of drug-likeness (QED) is 0.654. The van der Waals surface area contributed by atoms with E-state index >= 15 is 0 Å². The highest BCUT2D eigenvalue weighted by molar-refractivity contribution is 8.03. The second-order valence-corrected chi connectivity index (χ2v) is 3.92. The van der Waals surface area contributed by atoms with Gasteiger partial charge in [0.15, 0.2) is 0 Å². The van der Waals surface area contributed by atoms with E-state index in [0.717, 1.165) is 16.3 Å². The average Bonchev–Trinajstić information content (AvgIpc) is 2.21. The molecule has 1 aromatic rings. The summed E-state index contributed by atoms with van der Waals surface area (Å²) < 4.78 is 0. The third-order valence-electron chi connectivity index (χ3n) is 1.38. The molecule has 0 N–H and O–H groups in total. The molecule has 1 aromatic carbocycles. The van der Waals surface area contributed by atoms with Crippen molar-refractivity contribution in [3.8, 4) is 23.0 Å². The highest BCUT2D eigenvalue weighted by Gasteiger charge is 1.85. The topological polar surface area (TPSA) is 0 Å². The molecular weight excluding hydrogens is 212 g/mol. The molecule has 0 unspecified atom stereocenters. The summed E-state index contributed by atoms with van der Waals surface area (Å²) in [6.07, 6.45) is 0. The van der Waals surface area contributed by atoms with Crippen molar-refractivity contribution in [3.05, 3.63) is 34.9 Å². The number of hydrogen-bond acceptors (Lipinski definition) is 1. The van der Waals surface area contributed by atoms with Gasteiger partial charge in [-0.3, -0.25) is 0 Å². The zero-order chi connectivity index (χ0) is 10.2. The minimum atomic E-state index is 0.725. The van der Waals surface area contributed by atoms with Gasteiger partial charge < -0.3 is 0 Å². The summed E-state index contributed by atoms with van der Waals surface area (Å²) in [6.45, 7) is 2.06. The van der Waals surface area contributed by atoms with Gasteiger partial charge >= 0.3 is 0 Å². The smallest absolute Gasteiger partial charge is 0.0406 e. The van der Waals surface area contributed by atoms with E-state index in [2.05, 4.69) is 29.9 Å². The molecule has 0 saturated carbocycles. The molecule has 2 heteroatoms. The number of rotatable bonds is 1. The summed E-state index contributed by atoms with van der Waals surface area (Å²) in [5.74, 6) is 9.48. The molecular formula is C12H9ClS. The van der Waals surface area contributed by atoms with Gasteiger partial charge in [0.1, 0.15) is 0 Å². The van der Waals surface area contributed by atoms with Crippen LogP contribution in [0.2, 0.25) is 5.02 Å². The monoisotopic (exact) mass is 220 g/mol. The molecule has 0 heterocycles. The molecule has 70 valence electrons. The summed E-state index contributed by atoms with van der Waals surface area (Å²) >= 11 is 7.30. The van der Waals surface area contributed by atoms with Crippen molar-refractivity contribution in [2.24, 2.45) is 0 Å². The molecule has 1 rings (SSSR count). The van der Waals surface area contributed by atoms with E-state index in [4.69, 9.17) is 11.6 Å². The zero-order valence-electron chi connectivity index (χ0n) is 7.80. The van der Waals surface area contributed by atoms with Crippen molar-refractivity contribution < 1.29 is 0 Å². The number of benzene rings is 1. The van der Waals surface area contributed by atoms with Crippen LogP contribution in [0.1, 0.15) is 12.5 Å². The Morgan fingerprint density at radius 3 is 2.57 bits per heavy atom. The third kappa shape index (κ3) is 4.28. The van der Waals surface area contributed by atoms with Crippen molar-refractivity contribution in [3.63, 3.8) is 0 Å². The van der Waals surface area contributed by atoms with E-state index in [-0.39, 0.29) is 0 Å². The lowest BCUT2D eigenvalue weighted by Gasteiger charge is -1.88. The van der Waals surface area contributed by atoms with Crippen LogP contribution in [0.4, 0.5) is 0 Å². The van der Waals surface area contributed by atoms with Crippen LogP contribution in [0.25, 0.3) is 0 Å². The van der Waals surface area contributed by atoms with E-state index in [1.54, 1.807) is 11.8 Å². The second-order valence-electron chi connectivity index (χ2n) is 2.42. The molecule has 0 fully saturated rings. The Balaban J connectivity index is 2.61. The maximum absolute atomic E-state index is 5.73. The first kappa shape index (κ1) is 11.1. The van der Waals surface area contributed by atoms with E-state index < -0.39 is 0 Å². The summed E-state index contributed by atoms with van der Waals surface area (Å²) in [4.78, 5) is 0. The Kier molecular flexibility index (Phi) is 5.08. The first-order valence-corrected chi connectivity index (χ1v) is 5.57. The lowest BCUT2D eigenvalue weighted by molar-refractivity contribution is 1.54. The minimum Gasteiger partial charge on any atom is -0.0843 e. The average molecular weight is 221 g/mol. The predicted molar refractivity (Wildman–Crippen MR) is 64.2 cm³/mol. The van der Waals surface area contributed by atoms with Crippen LogP contribution in [-0.4, -0.2) is 5.75 Å². The van der Waals surface area contributed by atoms with E-state index in [1.807, 2.05) is 24.3 Å². The summed E-state index contributed by atoms with van der Waals surface area (Å²) in [5, 5.41) is 3.61. The molecule has 0 spiro atoms. The van der Waals surface area contributed by atoms with Gasteiger partial charge in [-0.2, -0.15) is 0 Å². The highest BCUT2D eigenvalue weighted by Crippen LogP contribution is 2.08. The van der Waals surface area contributed by atoms with Crippen molar-refractivity contribution in [2.75, 3.05) is 5.75 Å². The van der Waals surface area contributed by atoms with Gasteiger partial charge in [0, 0.05) is 16.3 Å². The molecule has 14 heavy (non-hydrogen) atoms. The molecule has 0 atom stereocenters. The first-order chi connectivity index (χ1) is 6.83. The molecule has 0 aliphatic rings. The lowest BCUT2D eigenvalue weighted by atomic mass is 10.2. The second kappa shape index (κ2) is 6.44. The zero-order valence-corrected chi connectivity index (χ0v) is 9.38. The van der Waals surface area contributed by atoms with Crippen LogP contribution >= 0.6 is 23.4 Å². The summed E-state index contributed by atoms with van der Waals surface area (Å²) in [6, 6.07) is 7.40. The summed E-state index contributed by atoms with van der Waals surface area (Å²) in [5.41, 5.74) is 0.935. The third-order valence-corrected chi connectivity index (χ3v) is 2.17. The SMILES string of the molecule is CCSC#CC#Cc1ccc(Cl)cc1. The van der Waals surface area contributed by atoms with Crippen LogP contribution in [0.3, 0.4) is 0 Å². The van der Waals surface area contributed by atoms with E-state index in [0.29, 0.717) is 0 Å². The Bertz CT molecular complexity index is 398. The van der Waals surface area contributed by atoms with Crippen molar-refractivity contribution >= 4 is 23.4 Å². The summed E-state index contributed by atoms with van der Waals surface area (Å²) in [7, 11) is 0. The largest absolute Gasteiger partial charge is 0.0843 e. The predicted octanol–water partition coefficient (Wildman–Crippen LogP) is 3.41. The Morgan fingerprint density at radius 2 is 1.93 bits per heavy atom. The minimum absolute atomic E-state index is 0.725. The van der Waals surface area contributed by atoms with Crippen molar-refractivity contribution in [2.45, 2.75) is 6.92 Å². The highest BCUT2D eigenvalue weighted by atomic mass is 35.5. The van der Waals surface area contributed by atoms with E-state index in [9.17, 15) is 0 Å². The van der Waals surface area contributed by atoms with E-state index in [1.165, 1.54) is 0 Å². The molecule has 0 saturated heterocycles. The molecule has 0 aliphatic carbocycles. The molecule has 0 bridgehead atoms. The normalized spacial score (nSPS) is 8.14. The number of thioether (sulfide) groups is 1. The first-order valence-electron chi connectivity index (χ1n) is 4.21. The maximum Gasteiger partial charge on any atom is 0.0406 e. The fourth-order valence-electron chi connectivity index (χ4n) is 0.770. The Morgan fingerprint density at radius 1 is 1.21 bits per heavy atom. The van der Waals surface area contributed by atoms with Gasteiger partial charge in [0.2, 0.25) is 0 Å². The van der Waals surface area contributed by atoms with Gasteiger partial charge in [0.25, 0.3) is 0 Å². The van der Waals surface area contributed by atoms with Crippen molar-refractivity contribution in [1.82, 2.24) is 0 Å². The number of halogens is 1. The molecule has 0 amide bonds. The van der Waals surface area contributed by atoms with Crippen LogP contribution in [0, 0.1) is 23.0 Å². The molecule has 0 nitrogen and oxygen atoms in total. The van der Waals surface area contributed by atoms with Crippen LogP contribution in [0.5, 0.6) is 0 Å². The number of hydrogen-bond donors (Lipinski definition) is 0. The standard InChI is InChI=1S/C12H9ClS/c1-2-14-10-4-3-5-11-6-8-12(13)9-7-11/h6-9H,2H2,1H3. The Labute approximate surface area is 94.0 Å². The van der Waals surface area contributed by atoms with Gasteiger partial charge in [0.05, 0.1) is 0 Å². The van der Waals surface area contributed by atoms with Gasteiger partial charge in [-0.05, 0) is 41.4 Å². The van der Waals surface area contributed by atoms with Gasteiger partial charge in [-0.15, -0.1) is 0 Å².